The highest BCUT2D eigenvalue weighted by Crippen LogP contribution is 2.25. The van der Waals surface area contributed by atoms with Gasteiger partial charge in [-0.05, 0) is 18.2 Å². The minimum Gasteiger partial charge on any atom is -0.383 e. The molecule has 0 spiro atoms. The van der Waals surface area contributed by atoms with Gasteiger partial charge in [-0.2, -0.15) is 0 Å². The molecular formula is C15H14BrFN4O3. The fraction of sp³-hybridized carbons (Fsp3) is 0.133. The van der Waals surface area contributed by atoms with Crippen molar-refractivity contribution in [3.8, 4) is 0 Å². The number of primary amides is 1. The molecule has 0 aliphatic heterocycles. The van der Waals surface area contributed by atoms with Crippen LogP contribution in [0.4, 0.5) is 21.5 Å². The maximum absolute atomic E-state index is 13.8. The van der Waals surface area contributed by atoms with Gasteiger partial charge in [0.15, 0.2) is 0 Å². The summed E-state index contributed by atoms with van der Waals surface area (Å²) in [5.41, 5.74) is 5.54. The number of nitro groups is 1. The van der Waals surface area contributed by atoms with E-state index in [2.05, 4.69) is 26.6 Å². The van der Waals surface area contributed by atoms with Crippen LogP contribution < -0.4 is 16.4 Å². The number of rotatable bonds is 7. The molecule has 9 heteroatoms. The van der Waals surface area contributed by atoms with Gasteiger partial charge in [-0.3, -0.25) is 14.9 Å². The highest BCUT2D eigenvalue weighted by atomic mass is 79.9. The van der Waals surface area contributed by atoms with E-state index in [1.54, 1.807) is 18.2 Å². The van der Waals surface area contributed by atoms with Crippen LogP contribution in [0.15, 0.2) is 40.9 Å². The van der Waals surface area contributed by atoms with E-state index in [1.807, 2.05) is 0 Å². The molecule has 2 aromatic carbocycles. The van der Waals surface area contributed by atoms with Crippen molar-refractivity contribution < 1.29 is 14.1 Å². The van der Waals surface area contributed by atoms with Crippen molar-refractivity contribution >= 4 is 38.9 Å². The quantitative estimate of drug-likeness (QED) is 0.378. The van der Waals surface area contributed by atoms with Crippen molar-refractivity contribution in [3.05, 3.63) is 62.4 Å². The number of nitrogens with zero attached hydrogens (tertiary/aromatic N) is 1. The number of carbonyl (C=O) groups is 1. The van der Waals surface area contributed by atoms with E-state index < -0.39 is 16.6 Å². The Bertz CT molecular complexity index is 785. The van der Waals surface area contributed by atoms with E-state index in [0.29, 0.717) is 23.2 Å². The SMILES string of the molecule is NC(=O)c1c(F)cc(Br)cc1NCCNc1ccccc1[N+](=O)[O-]. The van der Waals surface area contributed by atoms with Gasteiger partial charge in [-0.25, -0.2) is 4.39 Å². The zero-order valence-corrected chi connectivity index (χ0v) is 14.0. The first-order chi connectivity index (χ1) is 11.4. The van der Waals surface area contributed by atoms with Gasteiger partial charge >= 0.3 is 0 Å². The number of nitrogens with one attached hydrogen (secondary N) is 2. The molecule has 0 saturated heterocycles. The summed E-state index contributed by atoms with van der Waals surface area (Å²) in [6.07, 6.45) is 0. The lowest BCUT2D eigenvalue weighted by molar-refractivity contribution is -0.384. The van der Waals surface area contributed by atoms with E-state index in [1.165, 1.54) is 12.1 Å². The summed E-state index contributed by atoms with van der Waals surface area (Å²) < 4.78 is 14.3. The molecule has 2 rings (SSSR count). The van der Waals surface area contributed by atoms with E-state index in [9.17, 15) is 19.3 Å². The van der Waals surface area contributed by atoms with E-state index in [0.717, 1.165) is 6.07 Å². The van der Waals surface area contributed by atoms with Gasteiger partial charge in [-0.1, -0.05) is 28.1 Å². The van der Waals surface area contributed by atoms with Crippen LogP contribution in [-0.2, 0) is 0 Å². The third-order valence-electron chi connectivity index (χ3n) is 3.16. The average Bonchev–Trinajstić information content (AvgIpc) is 2.50. The second-order valence-corrected chi connectivity index (χ2v) is 5.72. The number of anilines is 2. The van der Waals surface area contributed by atoms with Crippen molar-refractivity contribution in [2.45, 2.75) is 0 Å². The Morgan fingerprint density at radius 1 is 1.21 bits per heavy atom. The minimum atomic E-state index is -0.880. The van der Waals surface area contributed by atoms with Gasteiger partial charge in [0, 0.05) is 23.6 Å². The normalized spacial score (nSPS) is 10.2. The molecule has 0 unspecified atom stereocenters. The molecule has 24 heavy (non-hydrogen) atoms. The van der Waals surface area contributed by atoms with Gasteiger partial charge < -0.3 is 16.4 Å². The third kappa shape index (κ3) is 4.19. The zero-order valence-electron chi connectivity index (χ0n) is 12.4. The summed E-state index contributed by atoms with van der Waals surface area (Å²) in [5.74, 6) is -1.61. The monoisotopic (exact) mass is 396 g/mol. The molecule has 0 saturated carbocycles. The Labute approximate surface area is 145 Å². The van der Waals surface area contributed by atoms with Crippen LogP contribution in [-0.4, -0.2) is 23.9 Å². The molecule has 0 aliphatic carbocycles. The van der Waals surface area contributed by atoms with E-state index >= 15 is 0 Å². The van der Waals surface area contributed by atoms with Crippen molar-refractivity contribution in [3.63, 3.8) is 0 Å². The van der Waals surface area contributed by atoms with Gasteiger partial charge in [0.25, 0.3) is 11.6 Å². The Kier molecular flexibility index (Phi) is 5.69. The summed E-state index contributed by atoms with van der Waals surface area (Å²) in [5, 5.41) is 16.7. The van der Waals surface area contributed by atoms with Gasteiger partial charge in [0.1, 0.15) is 11.5 Å². The van der Waals surface area contributed by atoms with Crippen LogP contribution in [0.3, 0.4) is 0 Å². The maximum atomic E-state index is 13.8. The lowest BCUT2D eigenvalue weighted by Crippen LogP contribution is -2.20. The largest absolute Gasteiger partial charge is 0.383 e. The molecule has 7 nitrogen and oxygen atoms in total. The minimum absolute atomic E-state index is 0.0381. The second kappa shape index (κ2) is 7.73. The molecule has 0 fully saturated rings. The number of nitro benzene ring substituents is 1. The Morgan fingerprint density at radius 2 is 1.83 bits per heavy atom. The number of hydrogen-bond acceptors (Lipinski definition) is 5. The molecule has 126 valence electrons. The summed E-state index contributed by atoms with van der Waals surface area (Å²) >= 11 is 3.14. The van der Waals surface area contributed by atoms with Crippen LogP contribution in [0.2, 0.25) is 0 Å². The molecule has 0 aliphatic rings. The predicted molar refractivity (Wildman–Crippen MR) is 92.7 cm³/mol. The number of halogens is 2. The van der Waals surface area contributed by atoms with Gasteiger partial charge in [-0.15, -0.1) is 0 Å². The molecule has 2 aromatic rings. The van der Waals surface area contributed by atoms with Gasteiger partial charge in [0.2, 0.25) is 0 Å². The molecule has 0 atom stereocenters. The maximum Gasteiger partial charge on any atom is 0.292 e. The first-order valence-corrected chi connectivity index (χ1v) is 7.69. The molecule has 0 bridgehead atoms. The number of para-hydroxylation sites is 2. The summed E-state index contributed by atoms with van der Waals surface area (Å²) in [6, 6.07) is 8.92. The Morgan fingerprint density at radius 3 is 2.46 bits per heavy atom. The van der Waals surface area contributed by atoms with Gasteiger partial charge in [0.05, 0.1) is 16.2 Å². The standard InChI is InChI=1S/C15H14BrFN4O3/c16-9-7-10(17)14(15(18)22)12(8-9)20-6-5-19-11-3-1-2-4-13(11)21(23)24/h1-4,7-8,19-20H,5-6H2,(H2,18,22). The van der Waals surface area contributed by atoms with Crippen molar-refractivity contribution in [1.82, 2.24) is 0 Å². The van der Waals surface area contributed by atoms with Crippen LogP contribution in [0.5, 0.6) is 0 Å². The molecule has 0 heterocycles. The average molecular weight is 397 g/mol. The Balaban J connectivity index is 2.03. The van der Waals surface area contributed by atoms with E-state index in [4.69, 9.17) is 5.73 Å². The molecule has 0 radical (unpaired) electrons. The summed E-state index contributed by atoms with van der Waals surface area (Å²) in [4.78, 5) is 21.8. The summed E-state index contributed by atoms with van der Waals surface area (Å²) in [7, 11) is 0. The van der Waals surface area contributed by atoms with Crippen molar-refractivity contribution in [2.75, 3.05) is 23.7 Å². The van der Waals surface area contributed by atoms with Crippen LogP contribution >= 0.6 is 15.9 Å². The first kappa shape index (κ1) is 17.7. The fourth-order valence-electron chi connectivity index (χ4n) is 2.14. The van der Waals surface area contributed by atoms with Crippen molar-refractivity contribution in [2.24, 2.45) is 5.73 Å². The number of carbonyl (C=O) groups excluding carboxylic acids is 1. The lowest BCUT2D eigenvalue weighted by Gasteiger charge is -2.12. The molecule has 4 N–H and O–H groups in total. The van der Waals surface area contributed by atoms with Crippen molar-refractivity contribution in [1.29, 1.82) is 0 Å². The third-order valence-corrected chi connectivity index (χ3v) is 3.62. The fourth-order valence-corrected chi connectivity index (χ4v) is 2.57. The highest BCUT2D eigenvalue weighted by Gasteiger charge is 2.15. The molecule has 0 aromatic heterocycles. The predicted octanol–water partition coefficient (Wildman–Crippen LogP) is 3.12. The Hall–Kier alpha value is -2.68. The van der Waals surface area contributed by atoms with Crippen LogP contribution in [0, 0.1) is 15.9 Å². The topological polar surface area (TPSA) is 110 Å². The van der Waals surface area contributed by atoms with Crippen LogP contribution in [0.25, 0.3) is 0 Å². The highest BCUT2D eigenvalue weighted by molar-refractivity contribution is 9.10. The smallest absolute Gasteiger partial charge is 0.292 e. The molecule has 1 amide bonds. The second-order valence-electron chi connectivity index (χ2n) is 4.80. The number of benzene rings is 2. The first-order valence-electron chi connectivity index (χ1n) is 6.90. The molecular weight excluding hydrogens is 383 g/mol. The number of amides is 1. The van der Waals surface area contributed by atoms with E-state index in [-0.39, 0.29) is 16.9 Å². The number of hydrogen-bond donors (Lipinski definition) is 3. The number of nitrogens with two attached hydrogens (primary N) is 1. The van der Waals surface area contributed by atoms with Crippen LogP contribution in [0.1, 0.15) is 10.4 Å². The zero-order chi connectivity index (χ0) is 17.7. The summed E-state index contributed by atoms with van der Waals surface area (Å²) in [6.45, 7) is 0.611. The lowest BCUT2D eigenvalue weighted by atomic mass is 10.1.